The normalized spacial score (nSPS) is 31.8. The van der Waals surface area contributed by atoms with Crippen LogP contribution in [-0.4, -0.2) is 54.6 Å². The highest BCUT2D eigenvalue weighted by Gasteiger charge is 2.57. The lowest BCUT2D eigenvalue weighted by Crippen LogP contribution is -2.61. The quantitative estimate of drug-likeness (QED) is 0.764. The Bertz CT molecular complexity index is 933. The summed E-state index contributed by atoms with van der Waals surface area (Å²) in [6.07, 6.45) is 4.29. The molecule has 0 radical (unpaired) electrons. The van der Waals surface area contributed by atoms with Gasteiger partial charge >= 0.3 is 5.97 Å². The molecule has 1 aromatic carbocycles. The summed E-state index contributed by atoms with van der Waals surface area (Å²) in [5.41, 5.74) is 3.22. The first kappa shape index (κ1) is 18.2. The lowest BCUT2D eigenvalue weighted by atomic mass is 9.71. The van der Waals surface area contributed by atoms with Crippen LogP contribution in [0.15, 0.2) is 24.3 Å². The van der Waals surface area contributed by atoms with Crippen molar-refractivity contribution in [3.63, 3.8) is 0 Å². The minimum absolute atomic E-state index is 0.143. The van der Waals surface area contributed by atoms with Crippen LogP contribution in [-0.2, 0) is 21.6 Å². The summed E-state index contributed by atoms with van der Waals surface area (Å²) in [5, 5.41) is 1.31. The maximum absolute atomic E-state index is 13.4. The molecule has 4 heterocycles. The average Bonchev–Trinajstić information content (AvgIpc) is 3.06. The molecule has 1 saturated heterocycles. The van der Waals surface area contributed by atoms with Gasteiger partial charge in [-0.25, -0.2) is 4.79 Å². The molecule has 150 valence electrons. The second kappa shape index (κ2) is 6.33. The molecule has 0 amide bonds. The number of carbonyl (C=O) groups excluding carboxylic acids is 1. The number of ether oxygens (including phenoxy) is 1. The third kappa shape index (κ3) is 2.17. The van der Waals surface area contributed by atoms with E-state index in [1.165, 1.54) is 48.7 Å². The second-order valence-electron chi connectivity index (χ2n) is 9.08. The van der Waals surface area contributed by atoms with E-state index in [0.29, 0.717) is 12.0 Å². The Kier molecular flexibility index (Phi) is 4.11. The van der Waals surface area contributed by atoms with E-state index in [2.05, 4.69) is 45.6 Å². The molecule has 5 nitrogen and oxygen atoms in total. The van der Waals surface area contributed by atoms with Crippen LogP contribution in [0, 0.1) is 11.8 Å². The lowest BCUT2D eigenvalue weighted by Gasteiger charge is -2.55. The molecule has 0 bridgehead atoms. The number of hydrogen-bond acceptors (Lipinski definition) is 4. The maximum Gasteiger partial charge on any atom is 0.347 e. The molecular weight excluding hydrogens is 350 g/mol. The molecule has 4 atom stereocenters. The summed E-state index contributed by atoms with van der Waals surface area (Å²) in [7, 11) is 5.58. The highest BCUT2D eigenvalue weighted by atomic mass is 16.5. The SMILES string of the molecule is CC[C@@H]1C[C@H]2C[C@@](C(=O)OC)(N(C)C)n3c4c(c5ccccc53)CCN(C1)[C@@H]42. The Morgan fingerprint density at radius 2 is 2.11 bits per heavy atom. The fourth-order valence-electron chi connectivity index (χ4n) is 6.41. The fourth-order valence-corrected chi connectivity index (χ4v) is 6.41. The van der Waals surface area contributed by atoms with Crippen molar-refractivity contribution in [3.8, 4) is 0 Å². The third-order valence-electron chi connectivity index (χ3n) is 7.66. The van der Waals surface area contributed by atoms with Gasteiger partial charge in [0.15, 0.2) is 5.66 Å². The zero-order chi connectivity index (χ0) is 19.6. The molecule has 2 aromatic rings. The molecule has 1 aromatic heterocycles. The smallest absolute Gasteiger partial charge is 0.347 e. The van der Waals surface area contributed by atoms with Crippen LogP contribution in [0.3, 0.4) is 0 Å². The van der Waals surface area contributed by atoms with Crippen molar-refractivity contribution in [2.45, 2.75) is 44.3 Å². The van der Waals surface area contributed by atoms with E-state index in [-0.39, 0.29) is 5.97 Å². The number of fused-ring (bicyclic) bond motifs is 3. The number of likely N-dealkylation sites (N-methyl/N-ethyl adjacent to an activating group) is 1. The number of rotatable bonds is 3. The van der Waals surface area contributed by atoms with Crippen molar-refractivity contribution in [2.75, 3.05) is 34.3 Å². The number of methoxy groups -OCH3 is 1. The van der Waals surface area contributed by atoms with E-state index >= 15 is 0 Å². The molecule has 5 rings (SSSR count). The lowest BCUT2D eigenvalue weighted by molar-refractivity contribution is -0.168. The number of piperidine rings is 1. The Balaban J connectivity index is 1.84. The molecule has 0 spiro atoms. The van der Waals surface area contributed by atoms with Crippen LogP contribution in [0.4, 0.5) is 0 Å². The van der Waals surface area contributed by atoms with Crippen LogP contribution >= 0.6 is 0 Å². The Labute approximate surface area is 167 Å². The summed E-state index contributed by atoms with van der Waals surface area (Å²) in [6, 6.07) is 9.05. The first-order chi connectivity index (χ1) is 13.5. The van der Waals surface area contributed by atoms with Crippen molar-refractivity contribution in [3.05, 3.63) is 35.5 Å². The van der Waals surface area contributed by atoms with Gasteiger partial charge < -0.3 is 9.30 Å². The third-order valence-corrected chi connectivity index (χ3v) is 7.66. The van der Waals surface area contributed by atoms with E-state index in [1.54, 1.807) is 0 Å². The molecule has 0 aliphatic carbocycles. The van der Waals surface area contributed by atoms with E-state index in [1.807, 2.05) is 14.1 Å². The van der Waals surface area contributed by atoms with Gasteiger partial charge in [0.25, 0.3) is 0 Å². The molecule has 5 heteroatoms. The Morgan fingerprint density at radius 3 is 2.82 bits per heavy atom. The average molecular weight is 382 g/mol. The maximum atomic E-state index is 13.4. The summed E-state index contributed by atoms with van der Waals surface area (Å²) < 4.78 is 7.78. The predicted octanol–water partition coefficient (Wildman–Crippen LogP) is 3.38. The Morgan fingerprint density at radius 1 is 1.32 bits per heavy atom. The monoisotopic (exact) mass is 381 g/mol. The van der Waals surface area contributed by atoms with Crippen LogP contribution in [0.25, 0.3) is 10.9 Å². The van der Waals surface area contributed by atoms with Crippen molar-refractivity contribution in [1.82, 2.24) is 14.4 Å². The molecule has 3 aliphatic rings. The fraction of sp³-hybridized carbons (Fsp3) is 0.609. The topological polar surface area (TPSA) is 37.7 Å². The van der Waals surface area contributed by atoms with Crippen molar-refractivity contribution < 1.29 is 9.53 Å². The van der Waals surface area contributed by atoms with Gasteiger partial charge in [0, 0.05) is 30.6 Å². The van der Waals surface area contributed by atoms with Crippen molar-refractivity contribution >= 4 is 16.9 Å². The van der Waals surface area contributed by atoms with Crippen molar-refractivity contribution in [1.29, 1.82) is 0 Å². The molecule has 0 saturated carbocycles. The predicted molar refractivity (Wildman–Crippen MR) is 110 cm³/mol. The van der Waals surface area contributed by atoms with Gasteiger partial charge in [-0.2, -0.15) is 0 Å². The summed E-state index contributed by atoms with van der Waals surface area (Å²) in [6.45, 7) is 4.62. The van der Waals surface area contributed by atoms with Crippen LogP contribution in [0.2, 0.25) is 0 Å². The second-order valence-corrected chi connectivity index (χ2v) is 9.08. The van der Waals surface area contributed by atoms with Gasteiger partial charge in [-0.1, -0.05) is 31.5 Å². The number of benzene rings is 1. The van der Waals surface area contributed by atoms with Crippen LogP contribution in [0.1, 0.15) is 43.5 Å². The van der Waals surface area contributed by atoms with E-state index in [4.69, 9.17) is 4.74 Å². The zero-order valence-electron chi connectivity index (χ0n) is 17.4. The van der Waals surface area contributed by atoms with Gasteiger partial charge in [0.1, 0.15) is 0 Å². The highest BCUT2D eigenvalue weighted by Crippen LogP contribution is 2.55. The van der Waals surface area contributed by atoms with E-state index in [9.17, 15) is 4.79 Å². The van der Waals surface area contributed by atoms with Gasteiger partial charge in [0.05, 0.1) is 18.7 Å². The molecular formula is C23H31N3O2. The van der Waals surface area contributed by atoms with Crippen molar-refractivity contribution in [2.24, 2.45) is 11.8 Å². The number of esters is 1. The summed E-state index contributed by atoms with van der Waals surface area (Å²) in [4.78, 5) is 18.2. The number of hydrogen-bond donors (Lipinski definition) is 0. The largest absolute Gasteiger partial charge is 0.466 e. The standard InChI is InChI=1S/C23H31N3O2/c1-5-15-12-16-13-23(24(2)3,22(27)28-4)26-19-9-7-6-8-17(19)18-10-11-25(14-15)20(16)21(18)26/h6-9,15-16,20H,5,10-14H2,1-4H3/t15-,16+,20-,23-/m1/s1. The van der Waals surface area contributed by atoms with E-state index < -0.39 is 5.66 Å². The van der Waals surface area contributed by atoms with E-state index in [0.717, 1.165) is 25.3 Å². The minimum Gasteiger partial charge on any atom is -0.466 e. The highest BCUT2D eigenvalue weighted by molar-refractivity contribution is 5.90. The molecule has 3 aliphatic heterocycles. The number of aromatic nitrogens is 1. The van der Waals surface area contributed by atoms with Gasteiger partial charge in [-0.15, -0.1) is 0 Å². The molecule has 0 unspecified atom stereocenters. The first-order valence-electron chi connectivity index (χ1n) is 10.7. The minimum atomic E-state index is -0.776. The van der Waals surface area contributed by atoms with Gasteiger partial charge in [-0.3, -0.25) is 9.80 Å². The first-order valence-corrected chi connectivity index (χ1v) is 10.7. The summed E-state index contributed by atoms with van der Waals surface area (Å²) >= 11 is 0. The van der Waals surface area contributed by atoms with Crippen LogP contribution < -0.4 is 0 Å². The number of para-hydroxylation sites is 1. The van der Waals surface area contributed by atoms with Gasteiger partial charge in [0.2, 0.25) is 0 Å². The molecule has 28 heavy (non-hydrogen) atoms. The Hall–Kier alpha value is -1.85. The number of nitrogens with zero attached hydrogens (tertiary/aromatic N) is 3. The van der Waals surface area contributed by atoms with Gasteiger partial charge in [-0.05, 0) is 50.4 Å². The zero-order valence-corrected chi connectivity index (χ0v) is 17.4. The number of carbonyl (C=O) groups is 1. The van der Waals surface area contributed by atoms with Crippen LogP contribution in [0.5, 0.6) is 0 Å². The summed E-state index contributed by atoms with van der Waals surface area (Å²) in [5.74, 6) is 1.06. The molecule has 1 fully saturated rings. The molecule has 0 N–H and O–H groups in total.